The summed E-state index contributed by atoms with van der Waals surface area (Å²) in [4.78, 5) is 26.5. The van der Waals surface area contributed by atoms with Crippen molar-refractivity contribution in [2.45, 2.75) is 52.7 Å². The van der Waals surface area contributed by atoms with Crippen molar-refractivity contribution >= 4 is 12.1 Å². The highest BCUT2D eigenvalue weighted by atomic mass is 16.6. The second-order valence-corrected chi connectivity index (χ2v) is 6.89. The molecule has 0 heterocycles. The van der Waals surface area contributed by atoms with Crippen molar-refractivity contribution in [2.75, 3.05) is 13.2 Å². The summed E-state index contributed by atoms with van der Waals surface area (Å²) >= 11 is 0. The summed E-state index contributed by atoms with van der Waals surface area (Å²) in [6, 6.07) is 7.12. The van der Waals surface area contributed by atoms with Gasteiger partial charge in [-0.1, -0.05) is 42.5 Å². The standard InChI is InChI=1S/C20H29NO4/c1-7-13-24-19(23)21(8-2)17(18(22)25-20(4,5)6)14-16-11-9-15(3)10-12-16/h7,9-12,17H,1,8,13-14H2,2-6H3. The highest BCUT2D eigenvalue weighted by Crippen LogP contribution is 2.17. The third-order valence-corrected chi connectivity index (χ3v) is 3.50. The van der Waals surface area contributed by atoms with Crippen LogP contribution in [0.2, 0.25) is 0 Å². The van der Waals surface area contributed by atoms with Crippen molar-refractivity contribution in [3.05, 3.63) is 48.0 Å². The Balaban J connectivity index is 3.06. The van der Waals surface area contributed by atoms with E-state index >= 15 is 0 Å². The minimum Gasteiger partial charge on any atom is -0.458 e. The number of esters is 1. The smallest absolute Gasteiger partial charge is 0.410 e. The third-order valence-electron chi connectivity index (χ3n) is 3.50. The van der Waals surface area contributed by atoms with E-state index < -0.39 is 23.7 Å². The number of carbonyl (C=O) groups is 2. The van der Waals surface area contributed by atoms with Crippen LogP contribution in [-0.2, 0) is 20.7 Å². The lowest BCUT2D eigenvalue weighted by Crippen LogP contribution is -2.48. The van der Waals surface area contributed by atoms with Crippen LogP contribution in [0.1, 0.15) is 38.8 Å². The van der Waals surface area contributed by atoms with E-state index in [4.69, 9.17) is 9.47 Å². The van der Waals surface area contributed by atoms with Crippen LogP contribution in [0.15, 0.2) is 36.9 Å². The average molecular weight is 347 g/mol. The summed E-state index contributed by atoms with van der Waals surface area (Å²) < 4.78 is 10.6. The highest BCUT2D eigenvalue weighted by Gasteiger charge is 2.33. The van der Waals surface area contributed by atoms with Gasteiger partial charge >= 0.3 is 12.1 Å². The van der Waals surface area contributed by atoms with Gasteiger partial charge in [0.1, 0.15) is 18.2 Å². The fourth-order valence-corrected chi connectivity index (χ4v) is 2.33. The molecule has 0 aliphatic heterocycles. The van der Waals surface area contributed by atoms with Gasteiger partial charge in [0.2, 0.25) is 0 Å². The van der Waals surface area contributed by atoms with Crippen molar-refractivity contribution in [3.63, 3.8) is 0 Å². The van der Waals surface area contributed by atoms with Crippen molar-refractivity contribution < 1.29 is 19.1 Å². The van der Waals surface area contributed by atoms with Crippen LogP contribution in [0.25, 0.3) is 0 Å². The van der Waals surface area contributed by atoms with E-state index in [-0.39, 0.29) is 6.61 Å². The molecule has 1 amide bonds. The van der Waals surface area contributed by atoms with E-state index in [0.29, 0.717) is 13.0 Å². The van der Waals surface area contributed by atoms with Crippen LogP contribution in [0, 0.1) is 6.92 Å². The normalized spacial score (nSPS) is 12.2. The summed E-state index contributed by atoms with van der Waals surface area (Å²) in [7, 11) is 0. The first-order valence-corrected chi connectivity index (χ1v) is 8.50. The summed E-state index contributed by atoms with van der Waals surface area (Å²) in [6.45, 7) is 13.2. The zero-order chi connectivity index (χ0) is 19.0. The molecule has 1 rings (SSSR count). The Morgan fingerprint density at radius 3 is 2.32 bits per heavy atom. The van der Waals surface area contributed by atoms with Crippen molar-refractivity contribution in [3.8, 4) is 0 Å². The molecule has 0 aliphatic rings. The quantitative estimate of drug-likeness (QED) is 0.555. The Hall–Kier alpha value is -2.30. The van der Waals surface area contributed by atoms with Gasteiger partial charge < -0.3 is 9.47 Å². The van der Waals surface area contributed by atoms with E-state index in [1.54, 1.807) is 20.8 Å². The first-order chi connectivity index (χ1) is 11.7. The fraction of sp³-hybridized carbons (Fsp3) is 0.500. The third kappa shape index (κ3) is 6.99. The van der Waals surface area contributed by atoms with Crippen molar-refractivity contribution in [2.24, 2.45) is 0 Å². The summed E-state index contributed by atoms with van der Waals surface area (Å²) in [5.74, 6) is -0.439. The van der Waals surface area contributed by atoms with Crippen LogP contribution in [-0.4, -0.2) is 41.8 Å². The van der Waals surface area contributed by atoms with Gasteiger partial charge in [0.25, 0.3) is 0 Å². The maximum atomic E-state index is 12.7. The molecule has 0 spiro atoms. The molecule has 0 saturated carbocycles. The van der Waals surface area contributed by atoms with E-state index in [9.17, 15) is 9.59 Å². The molecule has 0 aliphatic carbocycles. The van der Waals surface area contributed by atoms with Crippen LogP contribution >= 0.6 is 0 Å². The average Bonchev–Trinajstić information content (AvgIpc) is 2.52. The van der Waals surface area contributed by atoms with Crippen LogP contribution < -0.4 is 0 Å². The number of benzene rings is 1. The van der Waals surface area contributed by atoms with Crippen molar-refractivity contribution in [1.29, 1.82) is 0 Å². The van der Waals surface area contributed by atoms with Gasteiger partial charge in [-0.25, -0.2) is 9.59 Å². The predicted octanol–water partition coefficient (Wildman–Crippen LogP) is 3.89. The van der Waals surface area contributed by atoms with E-state index in [0.717, 1.165) is 11.1 Å². The number of ether oxygens (including phenoxy) is 2. The van der Waals surface area contributed by atoms with Gasteiger partial charge in [-0.3, -0.25) is 4.90 Å². The maximum Gasteiger partial charge on any atom is 0.410 e. The molecule has 0 aromatic heterocycles. The monoisotopic (exact) mass is 347 g/mol. The minimum absolute atomic E-state index is 0.0981. The van der Waals surface area contributed by atoms with Gasteiger partial charge in [0.05, 0.1) is 0 Å². The molecule has 25 heavy (non-hydrogen) atoms. The Kier molecular flexibility index (Phi) is 7.68. The lowest BCUT2D eigenvalue weighted by molar-refractivity contribution is -0.160. The molecule has 5 nitrogen and oxygen atoms in total. The second-order valence-electron chi connectivity index (χ2n) is 6.89. The van der Waals surface area contributed by atoms with Crippen molar-refractivity contribution in [1.82, 2.24) is 4.90 Å². The van der Waals surface area contributed by atoms with Crippen LogP contribution in [0.4, 0.5) is 4.79 Å². The number of rotatable bonds is 7. The molecule has 0 N–H and O–H groups in total. The molecule has 0 saturated heterocycles. The number of aryl methyl sites for hydroxylation is 1. The summed E-state index contributed by atoms with van der Waals surface area (Å²) in [5.41, 5.74) is 1.46. The lowest BCUT2D eigenvalue weighted by atomic mass is 10.0. The number of hydrogen-bond donors (Lipinski definition) is 0. The molecule has 138 valence electrons. The summed E-state index contributed by atoms with van der Waals surface area (Å²) in [6.07, 6.45) is 1.31. The predicted molar refractivity (Wildman–Crippen MR) is 98.4 cm³/mol. The first-order valence-electron chi connectivity index (χ1n) is 8.50. The molecule has 1 aromatic rings. The van der Waals surface area contributed by atoms with Gasteiger partial charge in [-0.15, -0.1) is 0 Å². The zero-order valence-corrected chi connectivity index (χ0v) is 15.9. The Morgan fingerprint density at radius 1 is 1.24 bits per heavy atom. The zero-order valence-electron chi connectivity index (χ0n) is 15.9. The van der Waals surface area contributed by atoms with E-state index in [1.165, 1.54) is 11.0 Å². The summed E-state index contributed by atoms with van der Waals surface area (Å²) in [5, 5.41) is 0. The number of nitrogens with zero attached hydrogens (tertiary/aromatic N) is 1. The topological polar surface area (TPSA) is 55.8 Å². The van der Waals surface area contributed by atoms with E-state index in [2.05, 4.69) is 6.58 Å². The minimum atomic E-state index is -0.746. The Labute approximate surface area is 150 Å². The van der Waals surface area contributed by atoms with Gasteiger partial charge in [-0.05, 0) is 40.2 Å². The Bertz CT molecular complexity index is 587. The molecular formula is C20H29NO4. The molecule has 1 unspecified atom stereocenters. The molecule has 0 radical (unpaired) electrons. The molecule has 1 atom stereocenters. The second kappa shape index (κ2) is 9.25. The highest BCUT2D eigenvalue weighted by molar-refractivity contribution is 5.82. The lowest BCUT2D eigenvalue weighted by Gasteiger charge is -2.31. The number of hydrogen-bond acceptors (Lipinski definition) is 4. The van der Waals surface area contributed by atoms with E-state index in [1.807, 2.05) is 38.1 Å². The molecule has 0 fully saturated rings. The van der Waals surface area contributed by atoms with Gasteiger partial charge in [0, 0.05) is 13.0 Å². The molecule has 0 bridgehead atoms. The fourth-order valence-electron chi connectivity index (χ4n) is 2.33. The van der Waals surface area contributed by atoms with Crippen LogP contribution in [0.5, 0.6) is 0 Å². The number of likely N-dealkylation sites (N-methyl/N-ethyl adjacent to an activating group) is 1. The molecular weight excluding hydrogens is 318 g/mol. The first kappa shape index (κ1) is 20.7. The SMILES string of the molecule is C=CCOC(=O)N(CC)C(Cc1ccc(C)cc1)C(=O)OC(C)(C)C. The Morgan fingerprint density at radius 2 is 1.84 bits per heavy atom. The van der Waals surface area contributed by atoms with Gasteiger partial charge in [0.15, 0.2) is 0 Å². The largest absolute Gasteiger partial charge is 0.458 e. The molecule has 5 heteroatoms. The number of carbonyl (C=O) groups excluding carboxylic acids is 2. The van der Waals surface area contributed by atoms with Crippen LogP contribution in [0.3, 0.4) is 0 Å². The van der Waals surface area contributed by atoms with Gasteiger partial charge in [-0.2, -0.15) is 0 Å². The molecule has 1 aromatic carbocycles. The number of amides is 1. The maximum absolute atomic E-state index is 12.7.